The van der Waals surface area contributed by atoms with Crippen LogP contribution in [0.3, 0.4) is 0 Å². The van der Waals surface area contributed by atoms with Gasteiger partial charge in [0.05, 0.1) is 5.57 Å². The van der Waals surface area contributed by atoms with Crippen molar-refractivity contribution in [3.05, 3.63) is 47.6 Å². The molecule has 0 spiro atoms. The number of hydrogen-bond donors (Lipinski definition) is 1. The van der Waals surface area contributed by atoms with E-state index in [9.17, 15) is 14.7 Å². The largest absolute Gasteiger partial charge is 0.478 e. The lowest BCUT2D eigenvalue weighted by atomic mass is 9.69. The van der Waals surface area contributed by atoms with E-state index in [2.05, 4.69) is 20.4 Å². The molecule has 0 fully saturated rings. The third kappa shape index (κ3) is 4.47. The first kappa shape index (κ1) is 18.2. The number of esters is 1. The number of carbonyl (C=O) groups excluding carboxylic acids is 1. The van der Waals surface area contributed by atoms with Crippen molar-refractivity contribution in [2.24, 2.45) is 11.3 Å². The Balaban J connectivity index is 2.11. The Morgan fingerprint density at radius 1 is 1.50 bits per heavy atom. The number of rotatable bonds is 4. The fourth-order valence-corrected chi connectivity index (χ4v) is 3.27. The van der Waals surface area contributed by atoms with Crippen molar-refractivity contribution >= 4 is 11.9 Å². The molecular weight excluding hydrogens is 304 g/mol. The molecule has 2 aliphatic rings. The van der Waals surface area contributed by atoms with Crippen LogP contribution >= 0.6 is 0 Å². The molecule has 1 aliphatic carbocycles. The minimum atomic E-state index is -0.918. The minimum absolute atomic E-state index is 0.0951. The molecule has 1 N–H and O–H groups in total. The van der Waals surface area contributed by atoms with E-state index >= 15 is 0 Å². The molecule has 0 aromatic rings. The molecular formula is C20H26O4. The topological polar surface area (TPSA) is 63.6 Å². The maximum atomic E-state index is 11.3. The molecule has 0 amide bonds. The molecule has 0 saturated carbocycles. The van der Waals surface area contributed by atoms with Crippen molar-refractivity contribution in [2.45, 2.75) is 46.0 Å². The van der Waals surface area contributed by atoms with E-state index in [1.54, 1.807) is 12.2 Å². The molecule has 1 heterocycles. The standard InChI is InChI=1S/C20H26O4/c1-14-7-8-15(2)20(3,10-5-4-6-17(14)19(22)23)11-9-16-12-18(21)24-13-16/h4-6,12,15H,1,7-11,13H2,2-3H3,(H,22,23)/b5-4-,17-6+/t15-,20+/m1/s1. The van der Waals surface area contributed by atoms with Gasteiger partial charge < -0.3 is 9.84 Å². The summed E-state index contributed by atoms with van der Waals surface area (Å²) >= 11 is 0. The Labute approximate surface area is 143 Å². The number of cyclic esters (lactones) is 1. The second kappa shape index (κ2) is 7.65. The summed E-state index contributed by atoms with van der Waals surface area (Å²) in [5.41, 5.74) is 2.14. The van der Waals surface area contributed by atoms with Crippen LogP contribution in [-0.2, 0) is 14.3 Å². The highest BCUT2D eigenvalue weighted by atomic mass is 16.5. The van der Waals surface area contributed by atoms with Crippen LogP contribution in [0.15, 0.2) is 47.6 Å². The minimum Gasteiger partial charge on any atom is -0.478 e. The second-order valence-corrected chi connectivity index (χ2v) is 7.13. The van der Waals surface area contributed by atoms with Gasteiger partial charge >= 0.3 is 11.9 Å². The number of allylic oxidation sites excluding steroid dienone is 3. The molecule has 130 valence electrons. The average Bonchev–Trinajstić information content (AvgIpc) is 2.94. The SMILES string of the molecule is C=C1CC[C@@H](C)[C@](C)(CCC2=CC(=O)OC2)C/C=C\C=C/1C(=O)O. The molecule has 0 aromatic carbocycles. The smallest absolute Gasteiger partial charge is 0.335 e. The number of hydrogen-bond acceptors (Lipinski definition) is 3. The van der Waals surface area contributed by atoms with E-state index in [-0.39, 0.29) is 11.4 Å². The summed E-state index contributed by atoms with van der Waals surface area (Å²) in [7, 11) is 0. The Morgan fingerprint density at radius 2 is 2.25 bits per heavy atom. The molecule has 2 atom stereocenters. The van der Waals surface area contributed by atoms with Gasteiger partial charge in [-0.05, 0) is 60.7 Å². The zero-order valence-corrected chi connectivity index (χ0v) is 14.5. The number of carboxylic acid groups (broad SMARTS) is 1. The maximum Gasteiger partial charge on any atom is 0.335 e. The third-order valence-corrected chi connectivity index (χ3v) is 5.40. The summed E-state index contributed by atoms with van der Waals surface area (Å²) in [5.74, 6) is -0.735. The van der Waals surface area contributed by atoms with Gasteiger partial charge in [-0.15, -0.1) is 0 Å². The van der Waals surface area contributed by atoms with E-state index in [0.29, 0.717) is 30.1 Å². The molecule has 24 heavy (non-hydrogen) atoms. The van der Waals surface area contributed by atoms with Crippen molar-refractivity contribution in [3.8, 4) is 0 Å². The highest BCUT2D eigenvalue weighted by Crippen LogP contribution is 2.41. The van der Waals surface area contributed by atoms with Crippen molar-refractivity contribution in [1.29, 1.82) is 0 Å². The first-order valence-electron chi connectivity index (χ1n) is 8.46. The fraction of sp³-hybridized carbons (Fsp3) is 0.500. The van der Waals surface area contributed by atoms with Gasteiger partial charge in [-0.2, -0.15) is 0 Å². The van der Waals surface area contributed by atoms with Crippen molar-refractivity contribution in [3.63, 3.8) is 0 Å². The fourth-order valence-electron chi connectivity index (χ4n) is 3.27. The van der Waals surface area contributed by atoms with Crippen molar-refractivity contribution in [2.75, 3.05) is 6.61 Å². The lowest BCUT2D eigenvalue weighted by molar-refractivity contribution is -0.135. The molecule has 4 nitrogen and oxygen atoms in total. The van der Waals surface area contributed by atoms with Gasteiger partial charge in [0.2, 0.25) is 0 Å². The van der Waals surface area contributed by atoms with E-state index in [1.165, 1.54) is 0 Å². The monoisotopic (exact) mass is 330 g/mol. The Hall–Kier alpha value is -2.10. The van der Waals surface area contributed by atoms with Crippen LogP contribution in [0.2, 0.25) is 0 Å². The Kier molecular flexibility index (Phi) is 5.81. The van der Waals surface area contributed by atoms with E-state index in [0.717, 1.165) is 31.3 Å². The molecule has 4 heteroatoms. The first-order chi connectivity index (χ1) is 11.3. The van der Waals surface area contributed by atoms with Crippen molar-refractivity contribution < 1.29 is 19.4 Å². The Bertz CT molecular complexity index is 624. The van der Waals surface area contributed by atoms with Crippen LogP contribution in [0.4, 0.5) is 0 Å². The molecule has 0 aromatic heterocycles. The third-order valence-electron chi connectivity index (χ3n) is 5.40. The van der Waals surface area contributed by atoms with Crippen LogP contribution in [0.25, 0.3) is 0 Å². The molecule has 1 aliphatic heterocycles. The number of carboxylic acids is 1. The van der Waals surface area contributed by atoms with E-state index in [4.69, 9.17) is 4.74 Å². The van der Waals surface area contributed by atoms with Gasteiger partial charge in [-0.25, -0.2) is 9.59 Å². The van der Waals surface area contributed by atoms with Gasteiger partial charge in [0, 0.05) is 6.08 Å². The number of ether oxygens (including phenoxy) is 1. The summed E-state index contributed by atoms with van der Waals surface area (Å²) in [6.45, 7) is 8.85. The molecule has 0 unspecified atom stereocenters. The lowest BCUT2D eigenvalue weighted by Crippen LogP contribution is -2.26. The van der Waals surface area contributed by atoms with Gasteiger partial charge in [0.15, 0.2) is 0 Å². The highest BCUT2D eigenvalue weighted by Gasteiger charge is 2.31. The quantitative estimate of drug-likeness (QED) is 0.785. The summed E-state index contributed by atoms with van der Waals surface area (Å²) < 4.78 is 4.97. The number of carbonyl (C=O) groups is 2. The van der Waals surface area contributed by atoms with E-state index < -0.39 is 5.97 Å². The predicted octanol–water partition coefficient (Wildman–Crippen LogP) is 4.20. The summed E-state index contributed by atoms with van der Waals surface area (Å²) in [6.07, 6.45) is 11.4. The molecule has 2 rings (SSSR count). The van der Waals surface area contributed by atoms with Crippen LogP contribution in [0.5, 0.6) is 0 Å². The summed E-state index contributed by atoms with van der Waals surface area (Å²) in [4.78, 5) is 22.5. The summed E-state index contributed by atoms with van der Waals surface area (Å²) in [6, 6.07) is 0. The average molecular weight is 330 g/mol. The normalized spacial score (nSPS) is 31.7. The van der Waals surface area contributed by atoms with E-state index in [1.807, 2.05) is 12.2 Å². The number of aliphatic carboxylic acids is 1. The second-order valence-electron chi connectivity index (χ2n) is 7.13. The first-order valence-corrected chi connectivity index (χ1v) is 8.46. The zero-order chi connectivity index (χ0) is 17.7. The molecule has 0 saturated heterocycles. The summed E-state index contributed by atoms with van der Waals surface area (Å²) in [5, 5.41) is 9.27. The van der Waals surface area contributed by atoms with Crippen LogP contribution in [0, 0.1) is 11.3 Å². The molecule has 0 bridgehead atoms. The van der Waals surface area contributed by atoms with Gasteiger partial charge in [0.25, 0.3) is 0 Å². The van der Waals surface area contributed by atoms with Crippen LogP contribution in [0.1, 0.15) is 46.0 Å². The van der Waals surface area contributed by atoms with Gasteiger partial charge in [-0.1, -0.05) is 32.6 Å². The Morgan fingerprint density at radius 3 is 2.88 bits per heavy atom. The van der Waals surface area contributed by atoms with Crippen LogP contribution in [-0.4, -0.2) is 23.7 Å². The predicted molar refractivity (Wildman–Crippen MR) is 93.4 cm³/mol. The lowest BCUT2D eigenvalue weighted by Gasteiger charge is -2.36. The zero-order valence-electron chi connectivity index (χ0n) is 14.5. The van der Waals surface area contributed by atoms with Crippen LogP contribution < -0.4 is 0 Å². The molecule has 0 radical (unpaired) electrons. The highest BCUT2D eigenvalue weighted by molar-refractivity contribution is 5.91. The van der Waals surface area contributed by atoms with Crippen molar-refractivity contribution in [1.82, 2.24) is 0 Å². The maximum absolute atomic E-state index is 11.3. The van der Waals surface area contributed by atoms with Gasteiger partial charge in [0.1, 0.15) is 6.61 Å². The van der Waals surface area contributed by atoms with Gasteiger partial charge in [-0.3, -0.25) is 0 Å².